The van der Waals surface area contributed by atoms with Crippen molar-refractivity contribution >= 4 is 24.0 Å². The minimum atomic E-state index is -0.485. The Hall–Kier alpha value is -1.86. The van der Waals surface area contributed by atoms with Crippen molar-refractivity contribution in [1.82, 2.24) is 5.32 Å². The van der Waals surface area contributed by atoms with Crippen molar-refractivity contribution in [1.29, 1.82) is 0 Å². The monoisotopic (exact) mass is 329 g/mol. The molecule has 0 atom stereocenters. The molecule has 1 amide bonds. The van der Waals surface area contributed by atoms with Crippen molar-refractivity contribution in [2.75, 3.05) is 13.2 Å². The number of halogens is 1. The highest BCUT2D eigenvalue weighted by Crippen LogP contribution is 2.28. The third-order valence-electron chi connectivity index (χ3n) is 3.77. The van der Waals surface area contributed by atoms with Crippen molar-refractivity contribution in [2.24, 2.45) is 5.73 Å². The molecule has 1 fully saturated rings. The van der Waals surface area contributed by atoms with Crippen molar-refractivity contribution < 1.29 is 14.5 Å². The maximum absolute atomic E-state index is 11.9. The molecule has 22 heavy (non-hydrogen) atoms. The smallest absolute Gasteiger partial charge is 0.269 e. The van der Waals surface area contributed by atoms with Crippen LogP contribution in [0.5, 0.6) is 5.75 Å². The molecule has 0 bridgehead atoms. The second-order valence-electron chi connectivity index (χ2n) is 5.28. The van der Waals surface area contributed by atoms with Crippen LogP contribution in [-0.4, -0.2) is 29.5 Å². The SMILES string of the molecule is Cl.NCC1(NC(=O)COc2ccc([N+](=O)[O-])cc2)CCCC1. The van der Waals surface area contributed by atoms with Gasteiger partial charge in [-0.15, -0.1) is 12.4 Å². The number of nitro groups is 1. The Balaban J connectivity index is 0.00000242. The molecule has 0 aromatic heterocycles. The average Bonchev–Trinajstić information content (AvgIpc) is 2.94. The third kappa shape index (κ3) is 4.57. The predicted molar refractivity (Wildman–Crippen MR) is 84.2 cm³/mol. The van der Waals surface area contributed by atoms with Crippen molar-refractivity contribution in [3.8, 4) is 5.75 Å². The van der Waals surface area contributed by atoms with Crippen LogP contribution in [0.1, 0.15) is 25.7 Å². The number of carbonyl (C=O) groups is 1. The molecule has 1 aliphatic rings. The molecule has 0 heterocycles. The maximum atomic E-state index is 11.9. The van der Waals surface area contributed by atoms with Gasteiger partial charge in [-0.3, -0.25) is 14.9 Å². The molecule has 122 valence electrons. The highest BCUT2D eigenvalue weighted by molar-refractivity contribution is 5.85. The normalized spacial score (nSPS) is 15.7. The summed E-state index contributed by atoms with van der Waals surface area (Å²) < 4.78 is 5.33. The summed E-state index contributed by atoms with van der Waals surface area (Å²) in [6.45, 7) is 0.301. The number of benzene rings is 1. The molecule has 0 spiro atoms. The molecular weight excluding hydrogens is 310 g/mol. The summed E-state index contributed by atoms with van der Waals surface area (Å²) in [7, 11) is 0. The Kier molecular flexibility index (Phi) is 6.58. The van der Waals surface area contributed by atoms with Gasteiger partial charge in [0.1, 0.15) is 5.75 Å². The molecule has 0 aliphatic heterocycles. The molecule has 0 saturated heterocycles. The summed E-state index contributed by atoms with van der Waals surface area (Å²) >= 11 is 0. The highest BCUT2D eigenvalue weighted by atomic mass is 35.5. The van der Waals surface area contributed by atoms with Crippen molar-refractivity contribution in [2.45, 2.75) is 31.2 Å². The van der Waals surface area contributed by atoms with E-state index < -0.39 is 4.92 Å². The number of nitro benzene ring substituents is 1. The summed E-state index contributed by atoms with van der Waals surface area (Å²) in [5.74, 6) is 0.199. The first-order valence-corrected chi connectivity index (χ1v) is 6.93. The van der Waals surface area contributed by atoms with Crippen LogP contribution >= 0.6 is 12.4 Å². The Morgan fingerprint density at radius 1 is 1.32 bits per heavy atom. The summed E-state index contributed by atoms with van der Waals surface area (Å²) in [6.07, 6.45) is 3.93. The molecule has 3 N–H and O–H groups in total. The molecule has 7 nitrogen and oxygen atoms in total. The zero-order chi connectivity index (χ0) is 15.3. The molecule has 0 unspecified atom stereocenters. The molecule has 1 saturated carbocycles. The molecule has 2 rings (SSSR count). The quantitative estimate of drug-likeness (QED) is 0.611. The van der Waals surface area contributed by atoms with E-state index in [9.17, 15) is 14.9 Å². The van der Waals surface area contributed by atoms with Gasteiger partial charge in [0, 0.05) is 18.7 Å². The molecule has 1 aromatic carbocycles. The highest BCUT2D eigenvalue weighted by Gasteiger charge is 2.33. The van der Waals surface area contributed by atoms with Gasteiger partial charge in [0.05, 0.1) is 10.5 Å². The molecular formula is C14H20ClN3O4. The van der Waals surface area contributed by atoms with Gasteiger partial charge in [0.25, 0.3) is 11.6 Å². The lowest BCUT2D eigenvalue weighted by molar-refractivity contribution is -0.384. The largest absolute Gasteiger partial charge is 0.484 e. The molecule has 8 heteroatoms. The van der Waals surface area contributed by atoms with Crippen LogP contribution in [0.25, 0.3) is 0 Å². The topological polar surface area (TPSA) is 107 Å². The zero-order valence-electron chi connectivity index (χ0n) is 12.1. The first-order valence-electron chi connectivity index (χ1n) is 6.93. The number of nitrogens with two attached hydrogens (primary N) is 1. The minimum Gasteiger partial charge on any atom is -0.484 e. The van der Waals surface area contributed by atoms with Crippen LogP contribution < -0.4 is 15.8 Å². The van der Waals surface area contributed by atoms with Gasteiger partial charge in [-0.2, -0.15) is 0 Å². The van der Waals surface area contributed by atoms with E-state index in [2.05, 4.69) is 5.32 Å². The first kappa shape index (κ1) is 18.2. The van der Waals surface area contributed by atoms with E-state index in [0.29, 0.717) is 12.3 Å². The average molecular weight is 330 g/mol. The van der Waals surface area contributed by atoms with Crippen LogP contribution in [0.3, 0.4) is 0 Å². The predicted octanol–water partition coefficient (Wildman–Crippen LogP) is 1.78. The number of hydrogen-bond donors (Lipinski definition) is 2. The van der Waals surface area contributed by atoms with Gasteiger partial charge in [-0.1, -0.05) is 12.8 Å². The summed E-state index contributed by atoms with van der Waals surface area (Å²) in [4.78, 5) is 22.0. The lowest BCUT2D eigenvalue weighted by atomic mass is 9.98. The molecule has 1 aromatic rings. The van der Waals surface area contributed by atoms with E-state index in [1.165, 1.54) is 24.3 Å². The lowest BCUT2D eigenvalue weighted by Crippen LogP contribution is -2.52. The fourth-order valence-corrected chi connectivity index (χ4v) is 2.58. The number of non-ortho nitro benzene ring substituents is 1. The van der Waals surface area contributed by atoms with Crippen molar-refractivity contribution in [3.05, 3.63) is 34.4 Å². The fraction of sp³-hybridized carbons (Fsp3) is 0.500. The van der Waals surface area contributed by atoms with E-state index in [-0.39, 0.29) is 36.1 Å². The Labute approximate surface area is 134 Å². The van der Waals surface area contributed by atoms with E-state index in [1.54, 1.807) is 0 Å². The van der Waals surface area contributed by atoms with Gasteiger partial charge in [0.2, 0.25) is 0 Å². The Morgan fingerprint density at radius 2 is 1.91 bits per heavy atom. The van der Waals surface area contributed by atoms with E-state index in [0.717, 1.165) is 25.7 Å². The number of nitrogens with one attached hydrogen (secondary N) is 1. The van der Waals surface area contributed by atoms with E-state index in [1.807, 2.05) is 0 Å². The zero-order valence-corrected chi connectivity index (χ0v) is 12.9. The number of ether oxygens (including phenoxy) is 1. The second-order valence-corrected chi connectivity index (χ2v) is 5.28. The number of carbonyl (C=O) groups excluding carboxylic acids is 1. The van der Waals surface area contributed by atoms with Crippen LogP contribution in [0.15, 0.2) is 24.3 Å². The lowest BCUT2D eigenvalue weighted by Gasteiger charge is -2.28. The van der Waals surface area contributed by atoms with Crippen LogP contribution in [0.2, 0.25) is 0 Å². The van der Waals surface area contributed by atoms with Crippen molar-refractivity contribution in [3.63, 3.8) is 0 Å². The maximum Gasteiger partial charge on any atom is 0.269 e. The van der Waals surface area contributed by atoms with E-state index in [4.69, 9.17) is 10.5 Å². The molecule has 1 aliphatic carbocycles. The summed E-state index contributed by atoms with van der Waals surface area (Å²) in [5, 5.41) is 13.5. The van der Waals surface area contributed by atoms with Gasteiger partial charge in [0.15, 0.2) is 6.61 Å². The fourth-order valence-electron chi connectivity index (χ4n) is 2.58. The second kappa shape index (κ2) is 7.95. The van der Waals surface area contributed by atoms with Gasteiger partial charge in [-0.05, 0) is 25.0 Å². The minimum absolute atomic E-state index is 0. The Morgan fingerprint density at radius 3 is 2.41 bits per heavy atom. The summed E-state index contributed by atoms with van der Waals surface area (Å²) in [6, 6.07) is 5.62. The molecule has 0 radical (unpaired) electrons. The van der Waals surface area contributed by atoms with E-state index >= 15 is 0 Å². The number of rotatable bonds is 6. The number of nitrogens with zero attached hydrogens (tertiary/aromatic N) is 1. The van der Waals surface area contributed by atoms with Crippen LogP contribution in [-0.2, 0) is 4.79 Å². The number of amides is 1. The van der Waals surface area contributed by atoms with Gasteiger partial charge >= 0.3 is 0 Å². The van der Waals surface area contributed by atoms with Gasteiger partial charge < -0.3 is 15.8 Å². The number of hydrogen-bond acceptors (Lipinski definition) is 5. The summed E-state index contributed by atoms with van der Waals surface area (Å²) in [5.41, 5.74) is 5.44. The van der Waals surface area contributed by atoms with Crippen LogP contribution in [0, 0.1) is 10.1 Å². The standard InChI is InChI=1S/C14H19N3O4.ClH/c15-10-14(7-1-2-8-14)16-13(18)9-21-12-5-3-11(4-6-12)17(19)20;/h3-6H,1-2,7-10,15H2,(H,16,18);1H. The first-order chi connectivity index (χ1) is 10.0. The third-order valence-corrected chi connectivity index (χ3v) is 3.77. The van der Waals surface area contributed by atoms with Crippen LogP contribution in [0.4, 0.5) is 5.69 Å². The Bertz CT molecular complexity index is 515. The van der Waals surface area contributed by atoms with Gasteiger partial charge in [-0.25, -0.2) is 0 Å².